The van der Waals surface area contributed by atoms with Crippen molar-refractivity contribution in [3.63, 3.8) is 0 Å². The van der Waals surface area contributed by atoms with E-state index in [1.807, 2.05) is 14.0 Å². The third-order valence-electron chi connectivity index (χ3n) is 4.06. The molecular weight excluding hydrogens is 190 g/mol. The van der Waals surface area contributed by atoms with Crippen LogP contribution in [-0.4, -0.2) is 24.2 Å². The predicted octanol–water partition coefficient (Wildman–Crippen LogP) is 2.12. The van der Waals surface area contributed by atoms with E-state index in [0.717, 1.165) is 6.42 Å². The van der Waals surface area contributed by atoms with Crippen molar-refractivity contribution in [2.45, 2.75) is 46.1 Å². The highest BCUT2D eigenvalue weighted by Crippen LogP contribution is 2.49. The quantitative estimate of drug-likeness (QED) is 0.735. The maximum absolute atomic E-state index is 11.1. The molecule has 88 valence electrons. The molecule has 3 nitrogen and oxygen atoms in total. The van der Waals surface area contributed by atoms with Crippen LogP contribution in [0.5, 0.6) is 0 Å². The molecule has 0 aromatic rings. The molecule has 2 N–H and O–H groups in total. The molecule has 1 saturated carbocycles. The van der Waals surface area contributed by atoms with E-state index >= 15 is 0 Å². The summed E-state index contributed by atoms with van der Waals surface area (Å²) in [5.41, 5.74) is 0.302. The largest absolute Gasteiger partial charge is 0.481 e. The summed E-state index contributed by atoms with van der Waals surface area (Å²) >= 11 is 0. The van der Waals surface area contributed by atoms with E-state index < -0.39 is 5.97 Å². The van der Waals surface area contributed by atoms with Crippen molar-refractivity contribution < 1.29 is 9.90 Å². The number of hydrogen-bond acceptors (Lipinski definition) is 2. The zero-order chi connectivity index (χ0) is 11.6. The third-order valence-corrected chi connectivity index (χ3v) is 4.06. The van der Waals surface area contributed by atoms with Crippen molar-refractivity contribution in [3.8, 4) is 0 Å². The van der Waals surface area contributed by atoms with Crippen LogP contribution < -0.4 is 5.32 Å². The molecular formula is C12H23NO2. The molecule has 0 bridgehead atoms. The number of carboxylic acids is 1. The number of rotatable bonds is 5. The van der Waals surface area contributed by atoms with Gasteiger partial charge >= 0.3 is 5.97 Å². The number of carboxylic acid groups (broad SMARTS) is 1. The van der Waals surface area contributed by atoms with E-state index in [9.17, 15) is 9.90 Å². The van der Waals surface area contributed by atoms with Crippen molar-refractivity contribution in [3.05, 3.63) is 0 Å². The van der Waals surface area contributed by atoms with E-state index in [1.165, 1.54) is 6.42 Å². The molecule has 0 amide bonds. The van der Waals surface area contributed by atoms with E-state index in [0.29, 0.717) is 17.8 Å². The lowest BCUT2D eigenvalue weighted by Crippen LogP contribution is -2.53. The van der Waals surface area contributed by atoms with Gasteiger partial charge in [-0.3, -0.25) is 4.79 Å². The molecule has 1 fully saturated rings. The fraction of sp³-hybridized carbons (Fsp3) is 0.917. The predicted molar refractivity (Wildman–Crippen MR) is 60.8 cm³/mol. The van der Waals surface area contributed by atoms with E-state index in [2.05, 4.69) is 19.2 Å². The summed E-state index contributed by atoms with van der Waals surface area (Å²) in [5, 5.41) is 12.4. The molecule has 15 heavy (non-hydrogen) atoms. The zero-order valence-corrected chi connectivity index (χ0v) is 10.2. The number of hydrogen-bond donors (Lipinski definition) is 2. The van der Waals surface area contributed by atoms with Gasteiger partial charge in [0, 0.05) is 6.04 Å². The van der Waals surface area contributed by atoms with Crippen LogP contribution in [0.2, 0.25) is 0 Å². The minimum Gasteiger partial charge on any atom is -0.481 e. The maximum atomic E-state index is 11.1. The normalized spacial score (nSPS) is 27.9. The Balaban J connectivity index is 2.74. The van der Waals surface area contributed by atoms with Gasteiger partial charge in [-0.05, 0) is 37.6 Å². The van der Waals surface area contributed by atoms with Crippen molar-refractivity contribution in [1.29, 1.82) is 0 Å². The number of carbonyl (C=O) groups is 1. The van der Waals surface area contributed by atoms with Gasteiger partial charge in [0.05, 0.1) is 5.92 Å². The van der Waals surface area contributed by atoms with Crippen LogP contribution in [0.3, 0.4) is 0 Å². The van der Waals surface area contributed by atoms with Gasteiger partial charge in [0.1, 0.15) is 0 Å². The van der Waals surface area contributed by atoms with Crippen LogP contribution in [0.1, 0.15) is 40.0 Å². The Morgan fingerprint density at radius 2 is 2.20 bits per heavy atom. The highest BCUT2D eigenvalue weighted by Gasteiger charge is 2.46. The summed E-state index contributed by atoms with van der Waals surface area (Å²) in [6.45, 7) is 6.43. The smallest absolute Gasteiger partial charge is 0.308 e. The summed E-state index contributed by atoms with van der Waals surface area (Å²) < 4.78 is 0. The van der Waals surface area contributed by atoms with Crippen LogP contribution in [0.25, 0.3) is 0 Å². The van der Waals surface area contributed by atoms with Crippen LogP contribution in [0, 0.1) is 17.3 Å². The maximum Gasteiger partial charge on any atom is 0.308 e. The second kappa shape index (κ2) is 4.52. The number of nitrogens with one attached hydrogen (secondary N) is 1. The zero-order valence-electron chi connectivity index (χ0n) is 10.2. The fourth-order valence-electron chi connectivity index (χ4n) is 2.82. The summed E-state index contributed by atoms with van der Waals surface area (Å²) in [4.78, 5) is 11.1. The van der Waals surface area contributed by atoms with Gasteiger partial charge in [-0.25, -0.2) is 0 Å². The van der Waals surface area contributed by atoms with Crippen molar-refractivity contribution in [1.82, 2.24) is 5.32 Å². The average molecular weight is 213 g/mol. The summed E-state index contributed by atoms with van der Waals surface area (Å²) in [7, 11) is 1.88. The molecule has 1 rings (SSSR count). The van der Waals surface area contributed by atoms with E-state index in [-0.39, 0.29) is 12.0 Å². The first-order chi connectivity index (χ1) is 6.94. The van der Waals surface area contributed by atoms with Crippen LogP contribution >= 0.6 is 0 Å². The molecule has 0 saturated heterocycles. The molecule has 0 aliphatic heterocycles. The SMILES string of the molecule is CC[C@H](C(=O)O)[C@H](NC)[C@@H]1CCC1(C)C. The summed E-state index contributed by atoms with van der Waals surface area (Å²) in [6, 6.07) is 0.122. The summed E-state index contributed by atoms with van der Waals surface area (Å²) in [5.74, 6) is -0.414. The lowest BCUT2D eigenvalue weighted by atomic mass is 9.57. The van der Waals surface area contributed by atoms with Gasteiger partial charge in [-0.1, -0.05) is 20.8 Å². The summed E-state index contributed by atoms with van der Waals surface area (Å²) in [6.07, 6.45) is 3.07. The Morgan fingerprint density at radius 3 is 2.40 bits per heavy atom. The van der Waals surface area contributed by atoms with Gasteiger partial charge in [0.2, 0.25) is 0 Å². The first-order valence-corrected chi connectivity index (χ1v) is 5.84. The van der Waals surface area contributed by atoms with Gasteiger partial charge < -0.3 is 10.4 Å². The Kier molecular flexibility index (Phi) is 3.77. The van der Waals surface area contributed by atoms with Crippen molar-refractivity contribution in [2.75, 3.05) is 7.05 Å². The highest BCUT2D eigenvalue weighted by molar-refractivity contribution is 5.71. The minimum absolute atomic E-state index is 0.122. The van der Waals surface area contributed by atoms with E-state index in [4.69, 9.17) is 0 Å². The van der Waals surface area contributed by atoms with Crippen LogP contribution in [-0.2, 0) is 4.79 Å². The Labute approximate surface area is 92.3 Å². The Hall–Kier alpha value is -0.570. The molecule has 1 aliphatic carbocycles. The second-order valence-electron chi connectivity index (χ2n) is 5.30. The molecule has 3 atom stereocenters. The first-order valence-electron chi connectivity index (χ1n) is 5.84. The molecule has 0 aromatic carbocycles. The van der Waals surface area contributed by atoms with Crippen molar-refractivity contribution in [2.24, 2.45) is 17.3 Å². The monoisotopic (exact) mass is 213 g/mol. The molecule has 0 spiro atoms. The highest BCUT2D eigenvalue weighted by atomic mass is 16.4. The minimum atomic E-state index is -0.667. The third kappa shape index (κ3) is 2.33. The first kappa shape index (κ1) is 12.5. The van der Waals surface area contributed by atoms with Crippen molar-refractivity contribution >= 4 is 5.97 Å². The molecule has 0 unspecified atom stereocenters. The van der Waals surface area contributed by atoms with Gasteiger partial charge in [-0.2, -0.15) is 0 Å². The number of aliphatic carboxylic acids is 1. The van der Waals surface area contributed by atoms with Gasteiger partial charge in [0.15, 0.2) is 0 Å². The van der Waals surface area contributed by atoms with Crippen LogP contribution in [0.15, 0.2) is 0 Å². The lowest BCUT2D eigenvalue weighted by Gasteiger charge is -2.50. The topological polar surface area (TPSA) is 49.3 Å². The lowest BCUT2D eigenvalue weighted by molar-refractivity contribution is -0.145. The van der Waals surface area contributed by atoms with Gasteiger partial charge in [0.25, 0.3) is 0 Å². The average Bonchev–Trinajstić information content (AvgIpc) is 2.15. The fourth-order valence-corrected chi connectivity index (χ4v) is 2.82. The van der Waals surface area contributed by atoms with Crippen LogP contribution in [0.4, 0.5) is 0 Å². The van der Waals surface area contributed by atoms with E-state index in [1.54, 1.807) is 0 Å². The Morgan fingerprint density at radius 1 is 1.60 bits per heavy atom. The molecule has 0 heterocycles. The molecule has 0 aromatic heterocycles. The Bertz CT molecular complexity index is 238. The molecule has 3 heteroatoms. The molecule has 1 aliphatic rings. The molecule has 0 radical (unpaired) electrons. The standard InChI is InChI=1S/C12H23NO2/c1-5-8(11(14)15)10(13-4)9-6-7-12(9,2)3/h8-10,13H,5-7H2,1-4H3,(H,14,15)/t8-,9-,10-/m0/s1. The second-order valence-corrected chi connectivity index (χ2v) is 5.30. The van der Waals surface area contributed by atoms with Gasteiger partial charge in [-0.15, -0.1) is 0 Å².